The maximum atomic E-state index is 13.1. The fraction of sp³-hybridized carbons (Fsp3) is 0.480. The molecule has 0 spiro atoms. The molecule has 0 saturated carbocycles. The Kier molecular flexibility index (Phi) is 8.72. The summed E-state index contributed by atoms with van der Waals surface area (Å²) in [5, 5.41) is 0.280. The van der Waals surface area contributed by atoms with Gasteiger partial charge in [-0.25, -0.2) is 4.79 Å². The van der Waals surface area contributed by atoms with Crippen LogP contribution in [0, 0.1) is 29.2 Å². The molecule has 0 aliphatic heterocycles. The van der Waals surface area contributed by atoms with Crippen molar-refractivity contribution in [3.63, 3.8) is 0 Å². The number of methoxy groups -OCH3 is 1. The average molecular weight is 527 g/mol. The van der Waals surface area contributed by atoms with Crippen LogP contribution < -0.4 is 4.18 Å². The SMILES string of the molecule is COC(=O)c1cc(OS(=O)(=O)C(F)(F)F)c2c(C#C[Si]C(C(C)C)(C(C)C)C(C)C)cccc2c1. The van der Waals surface area contributed by atoms with E-state index in [0.29, 0.717) is 28.7 Å². The lowest BCUT2D eigenvalue weighted by molar-refractivity contribution is -0.0499. The normalized spacial score (nSPS) is 12.7. The van der Waals surface area contributed by atoms with Crippen molar-refractivity contribution in [1.82, 2.24) is 0 Å². The number of esters is 1. The van der Waals surface area contributed by atoms with Gasteiger partial charge < -0.3 is 8.92 Å². The van der Waals surface area contributed by atoms with Crippen LogP contribution in [0.1, 0.15) is 57.5 Å². The Morgan fingerprint density at radius 2 is 1.57 bits per heavy atom. The average Bonchev–Trinajstić information content (AvgIpc) is 2.74. The first-order valence-electron chi connectivity index (χ1n) is 11.0. The minimum absolute atomic E-state index is 0.0644. The van der Waals surface area contributed by atoms with Gasteiger partial charge in [0.1, 0.15) is 0 Å². The van der Waals surface area contributed by atoms with Crippen molar-refractivity contribution in [2.45, 2.75) is 52.1 Å². The van der Waals surface area contributed by atoms with Gasteiger partial charge in [-0.3, -0.25) is 0 Å². The van der Waals surface area contributed by atoms with Gasteiger partial charge in [-0.1, -0.05) is 59.6 Å². The van der Waals surface area contributed by atoms with Crippen LogP contribution in [-0.4, -0.2) is 36.5 Å². The zero-order valence-corrected chi connectivity index (χ0v) is 22.5. The maximum Gasteiger partial charge on any atom is 0.534 e. The Balaban J connectivity index is 2.74. The van der Waals surface area contributed by atoms with E-state index in [1.165, 1.54) is 12.1 Å². The monoisotopic (exact) mass is 526 g/mol. The van der Waals surface area contributed by atoms with Gasteiger partial charge in [-0.15, -0.1) is 5.54 Å². The van der Waals surface area contributed by atoms with Crippen molar-refractivity contribution < 1.29 is 35.3 Å². The summed E-state index contributed by atoms with van der Waals surface area (Å²) < 4.78 is 72.0. The highest BCUT2D eigenvalue weighted by Crippen LogP contribution is 2.49. The molecule has 2 radical (unpaired) electrons. The van der Waals surface area contributed by atoms with E-state index in [0.717, 1.165) is 13.2 Å². The molecule has 190 valence electrons. The molecule has 0 heterocycles. The third kappa shape index (κ3) is 5.84. The van der Waals surface area contributed by atoms with Crippen molar-refractivity contribution in [3.05, 3.63) is 41.5 Å². The number of ether oxygens (including phenoxy) is 1. The molecule has 0 N–H and O–H groups in total. The molecule has 2 aromatic carbocycles. The molecule has 0 saturated heterocycles. The van der Waals surface area contributed by atoms with Crippen molar-refractivity contribution >= 4 is 36.4 Å². The van der Waals surface area contributed by atoms with Crippen LogP contribution in [0.2, 0.25) is 5.04 Å². The van der Waals surface area contributed by atoms with Crippen molar-refractivity contribution in [1.29, 1.82) is 0 Å². The summed E-state index contributed by atoms with van der Waals surface area (Å²) >= 11 is 0. The molecule has 0 atom stereocenters. The third-order valence-corrected chi connectivity index (χ3v) is 9.57. The van der Waals surface area contributed by atoms with E-state index in [4.69, 9.17) is 0 Å². The summed E-state index contributed by atoms with van der Waals surface area (Å²) in [6, 6.07) is 7.04. The molecule has 0 aliphatic carbocycles. The third-order valence-electron chi connectivity index (χ3n) is 6.19. The summed E-state index contributed by atoms with van der Waals surface area (Å²) in [6.45, 7) is 12.9. The molecule has 2 aromatic rings. The van der Waals surface area contributed by atoms with Crippen LogP contribution in [0.4, 0.5) is 13.2 Å². The predicted molar refractivity (Wildman–Crippen MR) is 131 cm³/mol. The van der Waals surface area contributed by atoms with Crippen molar-refractivity contribution in [2.75, 3.05) is 7.11 Å². The second kappa shape index (κ2) is 10.6. The van der Waals surface area contributed by atoms with Gasteiger partial charge in [0.05, 0.1) is 12.7 Å². The summed E-state index contributed by atoms with van der Waals surface area (Å²) in [5.41, 5.74) is -2.30. The van der Waals surface area contributed by atoms with Gasteiger partial charge in [0, 0.05) is 10.9 Å². The number of benzene rings is 2. The number of halogens is 3. The standard InChI is InChI=1S/C25H29F3O5SSi/c1-15(2)24(16(3)4,17(5)6)35-12-11-18-9-8-10-19-13-20(23(29)32-7)14-21(22(18)19)33-34(30,31)25(26,27)28/h8-10,13-17H,1-7H3. The highest BCUT2D eigenvalue weighted by atomic mass is 32.2. The molecule has 0 amide bonds. The molecule has 10 heteroatoms. The predicted octanol–water partition coefficient (Wildman–Crippen LogP) is 5.99. The molecular formula is C25H29F3O5SSi. The second-order valence-corrected chi connectivity index (χ2v) is 12.0. The van der Waals surface area contributed by atoms with Crippen LogP contribution >= 0.6 is 0 Å². The van der Waals surface area contributed by atoms with Crippen LogP contribution in [0.3, 0.4) is 0 Å². The number of fused-ring (bicyclic) bond motifs is 1. The van der Waals surface area contributed by atoms with Crippen molar-refractivity contribution in [3.8, 4) is 17.2 Å². The summed E-state index contributed by atoms with van der Waals surface area (Å²) in [4.78, 5) is 12.1. The molecule has 0 fully saturated rings. The van der Waals surface area contributed by atoms with Crippen LogP contribution in [-0.2, 0) is 14.9 Å². The van der Waals surface area contributed by atoms with E-state index in [1.807, 2.05) is 0 Å². The molecule has 2 rings (SSSR count). The topological polar surface area (TPSA) is 69.7 Å². The largest absolute Gasteiger partial charge is 0.534 e. The zero-order chi connectivity index (χ0) is 26.8. The number of carbonyl (C=O) groups excluding carboxylic acids is 1. The van der Waals surface area contributed by atoms with Gasteiger partial charge in [-0.05, 0) is 46.4 Å². The summed E-state index contributed by atoms with van der Waals surface area (Å²) in [7, 11) is -4.65. The maximum absolute atomic E-state index is 13.1. The number of carbonyl (C=O) groups is 1. The molecular weight excluding hydrogens is 497 g/mol. The molecule has 0 unspecified atom stereocenters. The van der Waals surface area contributed by atoms with E-state index in [1.54, 1.807) is 12.1 Å². The Morgan fingerprint density at radius 3 is 2.06 bits per heavy atom. The van der Waals surface area contributed by atoms with Crippen molar-refractivity contribution in [2.24, 2.45) is 17.8 Å². The Morgan fingerprint density at radius 1 is 1.00 bits per heavy atom. The molecule has 0 aliphatic rings. The minimum atomic E-state index is -5.98. The molecule has 0 aromatic heterocycles. The van der Waals surface area contributed by atoms with E-state index in [2.05, 4.69) is 61.9 Å². The highest BCUT2D eigenvalue weighted by molar-refractivity contribution is 7.88. The van der Waals surface area contributed by atoms with Crippen LogP contribution in [0.5, 0.6) is 5.75 Å². The fourth-order valence-corrected chi connectivity index (χ4v) is 6.34. The van der Waals surface area contributed by atoms with Gasteiger partial charge in [0.2, 0.25) is 0 Å². The Hall–Kier alpha value is -2.51. The number of alkyl halides is 3. The highest BCUT2D eigenvalue weighted by Gasteiger charge is 2.49. The molecule has 0 bridgehead atoms. The first kappa shape index (κ1) is 28.7. The number of rotatable bonds is 7. The summed E-state index contributed by atoms with van der Waals surface area (Å²) in [6.07, 6.45) is 0. The number of hydrogen-bond acceptors (Lipinski definition) is 5. The Bertz CT molecular complexity index is 1230. The second-order valence-electron chi connectivity index (χ2n) is 9.12. The van der Waals surface area contributed by atoms with Gasteiger partial charge in [-0.2, -0.15) is 21.6 Å². The quantitative estimate of drug-likeness (QED) is 0.146. The van der Waals surface area contributed by atoms with Gasteiger partial charge in [0.25, 0.3) is 0 Å². The smallest absolute Gasteiger partial charge is 0.465 e. The van der Waals surface area contributed by atoms with Crippen LogP contribution in [0.15, 0.2) is 30.3 Å². The lowest BCUT2D eigenvalue weighted by Crippen LogP contribution is -2.36. The first-order chi connectivity index (χ1) is 16.1. The van der Waals surface area contributed by atoms with E-state index in [9.17, 15) is 26.4 Å². The van der Waals surface area contributed by atoms with Crippen LogP contribution in [0.25, 0.3) is 10.8 Å². The van der Waals surface area contributed by atoms with Gasteiger partial charge in [0.15, 0.2) is 15.3 Å². The Labute approximate surface area is 207 Å². The fourth-order valence-electron chi connectivity index (χ4n) is 4.60. The first-order valence-corrected chi connectivity index (χ1v) is 13.4. The number of hydrogen-bond donors (Lipinski definition) is 0. The molecule has 35 heavy (non-hydrogen) atoms. The molecule has 5 nitrogen and oxygen atoms in total. The van der Waals surface area contributed by atoms with E-state index in [-0.39, 0.29) is 25.5 Å². The van der Waals surface area contributed by atoms with Gasteiger partial charge >= 0.3 is 21.6 Å². The van der Waals surface area contributed by atoms with E-state index >= 15 is 0 Å². The lowest BCUT2D eigenvalue weighted by atomic mass is 9.76. The zero-order valence-electron chi connectivity index (χ0n) is 20.7. The summed E-state index contributed by atoms with van der Waals surface area (Å²) in [5.74, 6) is 2.53. The minimum Gasteiger partial charge on any atom is -0.465 e. The lowest BCUT2D eigenvalue weighted by Gasteiger charge is -2.43. The van der Waals surface area contributed by atoms with E-state index < -0.39 is 27.3 Å².